The Kier molecular flexibility index (Phi) is 8.35. The summed E-state index contributed by atoms with van der Waals surface area (Å²) in [5, 5.41) is 0. The van der Waals surface area contributed by atoms with Gasteiger partial charge in [-0.15, -0.1) is 0 Å². The molecule has 31 heavy (non-hydrogen) atoms. The second-order valence-corrected chi connectivity index (χ2v) is 10.8. The number of hydrogen-bond acceptors (Lipinski definition) is 10. The Balaban J connectivity index is 1.73. The third kappa shape index (κ3) is 8.06. The van der Waals surface area contributed by atoms with Crippen molar-refractivity contribution >= 4 is 41.8 Å². The van der Waals surface area contributed by atoms with Gasteiger partial charge in [0.15, 0.2) is 0 Å². The molecule has 172 valence electrons. The first-order valence-corrected chi connectivity index (χ1v) is 13.0. The number of nitrogens with two attached hydrogens (primary N) is 2. The molecular formula is C16H22N4O8S3. The molecule has 0 saturated heterocycles. The van der Waals surface area contributed by atoms with Crippen LogP contribution in [0.1, 0.15) is 0 Å². The van der Waals surface area contributed by atoms with Crippen LogP contribution in [0.3, 0.4) is 0 Å². The summed E-state index contributed by atoms with van der Waals surface area (Å²) in [6.07, 6.45) is 0. The van der Waals surface area contributed by atoms with Crippen molar-refractivity contribution in [3.63, 3.8) is 0 Å². The maximum absolute atomic E-state index is 12.0. The molecule has 0 spiro atoms. The number of rotatable bonds is 12. The molecule has 0 saturated carbocycles. The maximum Gasteiger partial charge on any atom is 0.399 e. The summed E-state index contributed by atoms with van der Waals surface area (Å²) in [5.41, 5.74) is 11.8. The van der Waals surface area contributed by atoms with Crippen LogP contribution in [0.2, 0.25) is 0 Å². The number of benzene rings is 2. The first-order chi connectivity index (χ1) is 14.4. The summed E-state index contributed by atoms with van der Waals surface area (Å²) in [7, 11) is -12.2. The lowest BCUT2D eigenvalue weighted by Gasteiger charge is -2.09. The van der Waals surface area contributed by atoms with Crippen LogP contribution in [0.15, 0.2) is 58.3 Å². The predicted molar refractivity (Wildman–Crippen MR) is 113 cm³/mol. The van der Waals surface area contributed by atoms with E-state index in [1.54, 1.807) is 0 Å². The van der Waals surface area contributed by atoms with E-state index >= 15 is 0 Å². The molecule has 0 amide bonds. The van der Waals surface area contributed by atoms with E-state index < -0.39 is 43.7 Å². The van der Waals surface area contributed by atoms with E-state index in [0.717, 1.165) is 0 Å². The lowest BCUT2D eigenvalue weighted by Crippen LogP contribution is -2.30. The van der Waals surface area contributed by atoms with Crippen molar-refractivity contribution in [2.75, 3.05) is 37.8 Å². The smallest absolute Gasteiger partial charge is 0.399 e. The van der Waals surface area contributed by atoms with E-state index in [4.69, 9.17) is 11.5 Å². The molecule has 0 aromatic heterocycles. The Hall–Kier alpha value is -2.27. The topological polar surface area (TPSA) is 197 Å². The molecule has 0 heterocycles. The first kappa shape index (κ1) is 25.0. The van der Waals surface area contributed by atoms with Crippen LogP contribution in [0.4, 0.5) is 11.4 Å². The van der Waals surface area contributed by atoms with Crippen LogP contribution in [0.5, 0.6) is 0 Å². The van der Waals surface area contributed by atoms with E-state index in [0.29, 0.717) is 11.4 Å². The van der Waals surface area contributed by atoms with E-state index in [9.17, 15) is 25.3 Å². The van der Waals surface area contributed by atoms with Gasteiger partial charge in [0.25, 0.3) is 0 Å². The van der Waals surface area contributed by atoms with Crippen molar-refractivity contribution in [1.82, 2.24) is 9.44 Å². The number of anilines is 2. The molecule has 0 bridgehead atoms. The van der Waals surface area contributed by atoms with Crippen molar-refractivity contribution < 1.29 is 33.6 Å². The van der Waals surface area contributed by atoms with Gasteiger partial charge < -0.3 is 11.5 Å². The molecule has 0 atom stereocenters. The van der Waals surface area contributed by atoms with Gasteiger partial charge in [-0.2, -0.15) is 8.42 Å². The third-order valence-electron chi connectivity index (χ3n) is 3.62. The first-order valence-electron chi connectivity index (χ1n) is 8.65. The molecule has 0 aliphatic carbocycles. The Morgan fingerprint density at radius 1 is 0.613 bits per heavy atom. The van der Waals surface area contributed by atoms with E-state index in [1.807, 2.05) is 0 Å². The Morgan fingerprint density at radius 3 is 1.26 bits per heavy atom. The second kappa shape index (κ2) is 10.4. The quantitative estimate of drug-likeness (QED) is 0.218. The molecular weight excluding hydrogens is 472 g/mol. The zero-order valence-corrected chi connectivity index (χ0v) is 18.5. The Bertz CT molecular complexity index is 1090. The number of nitrogen functional groups attached to an aromatic ring is 2. The van der Waals surface area contributed by atoms with Crippen molar-refractivity contribution in [2.45, 2.75) is 9.79 Å². The summed E-state index contributed by atoms with van der Waals surface area (Å²) in [6, 6.07) is 10.8. The highest BCUT2D eigenvalue weighted by atomic mass is 32.3. The molecule has 0 aliphatic rings. The highest BCUT2D eigenvalue weighted by Crippen LogP contribution is 2.12. The average molecular weight is 495 g/mol. The van der Waals surface area contributed by atoms with Gasteiger partial charge in [-0.25, -0.2) is 34.6 Å². The van der Waals surface area contributed by atoms with Crippen LogP contribution in [0.25, 0.3) is 0 Å². The minimum absolute atomic E-state index is 0.0470. The van der Waals surface area contributed by atoms with Crippen molar-refractivity contribution in [1.29, 1.82) is 0 Å². The minimum Gasteiger partial charge on any atom is -0.399 e. The molecule has 15 heteroatoms. The van der Waals surface area contributed by atoms with Crippen molar-refractivity contribution in [3.05, 3.63) is 48.5 Å². The van der Waals surface area contributed by atoms with Crippen LogP contribution in [-0.4, -0.2) is 51.6 Å². The fourth-order valence-corrected chi connectivity index (χ4v) is 4.80. The molecule has 0 aliphatic heterocycles. The zero-order chi connectivity index (χ0) is 23.1. The van der Waals surface area contributed by atoms with Crippen LogP contribution in [0, 0.1) is 0 Å². The molecule has 6 N–H and O–H groups in total. The van der Waals surface area contributed by atoms with Crippen molar-refractivity contribution in [2.24, 2.45) is 0 Å². The fraction of sp³-hybridized carbons (Fsp3) is 0.250. The van der Waals surface area contributed by atoms with Gasteiger partial charge in [-0.05, 0) is 48.5 Å². The van der Waals surface area contributed by atoms with E-state index in [2.05, 4.69) is 17.8 Å². The van der Waals surface area contributed by atoms with E-state index in [1.165, 1.54) is 48.5 Å². The largest absolute Gasteiger partial charge is 0.399 e. The number of nitrogens with one attached hydrogen (secondary N) is 2. The van der Waals surface area contributed by atoms with Gasteiger partial charge >= 0.3 is 10.4 Å². The molecule has 0 fully saturated rings. The zero-order valence-electron chi connectivity index (χ0n) is 16.1. The predicted octanol–water partition coefficient (Wildman–Crippen LogP) is -0.614. The molecule has 12 nitrogen and oxygen atoms in total. The van der Waals surface area contributed by atoms with Gasteiger partial charge in [0.2, 0.25) is 20.0 Å². The summed E-state index contributed by atoms with van der Waals surface area (Å²) < 4.78 is 84.9. The van der Waals surface area contributed by atoms with Gasteiger partial charge in [0, 0.05) is 24.5 Å². The Labute approximate surface area is 181 Å². The minimum atomic E-state index is -4.46. The fourth-order valence-electron chi connectivity index (χ4n) is 2.13. The molecule has 2 aromatic carbocycles. The Morgan fingerprint density at radius 2 is 0.935 bits per heavy atom. The third-order valence-corrected chi connectivity index (χ3v) is 7.49. The van der Waals surface area contributed by atoms with Gasteiger partial charge in [-0.3, -0.25) is 0 Å². The summed E-state index contributed by atoms with van der Waals surface area (Å²) in [5.74, 6) is 0. The number of hydrogen-bond donors (Lipinski definition) is 4. The van der Waals surface area contributed by atoms with Gasteiger partial charge in [0.05, 0.1) is 23.0 Å². The monoisotopic (exact) mass is 494 g/mol. The highest BCUT2D eigenvalue weighted by molar-refractivity contribution is 7.89. The molecule has 0 radical (unpaired) electrons. The van der Waals surface area contributed by atoms with Crippen LogP contribution >= 0.6 is 0 Å². The standard InChI is InChI=1S/C16H22N4O8S3/c17-13-1-5-15(6-2-13)29(21,22)19-9-11-27-31(25,26)28-12-10-20-30(23,24)16-7-3-14(18)4-8-16/h1-8,19-20H,9-12,17-18H2. The summed E-state index contributed by atoms with van der Waals surface area (Å²) in [4.78, 5) is -0.0941. The highest BCUT2D eigenvalue weighted by Gasteiger charge is 2.17. The lowest BCUT2D eigenvalue weighted by atomic mass is 10.3. The number of sulfonamides is 2. The lowest BCUT2D eigenvalue weighted by molar-refractivity contribution is 0.219. The molecule has 2 rings (SSSR count). The summed E-state index contributed by atoms with van der Waals surface area (Å²) in [6.45, 7) is -1.76. The average Bonchev–Trinajstić information content (AvgIpc) is 2.69. The summed E-state index contributed by atoms with van der Waals surface area (Å²) >= 11 is 0. The van der Waals surface area contributed by atoms with Gasteiger partial charge in [-0.1, -0.05) is 0 Å². The molecule has 2 aromatic rings. The van der Waals surface area contributed by atoms with Crippen LogP contribution in [-0.2, 0) is 38.8 Å². The molecule has 0 unspecified atom stereocenters. The van der Waals surface area contributed by atoms with Crippen LogP contribution < -0.4 is 20.9 Å². The normalized spacial score (nSPS) is 12.6. The van der Waals surface area contributed by atoms with Crippen molar-refractivity contribution in [3.8, 4) is 0 Å². The van der Waals surface area contributed by atoms with Gasteiger partial charge in [0.1, 0.15) is 0 Å². The maximum atomic E-state index is 12.0. The second-order valence-electron chi connectivity index (χ2n) is 5.99. The SMILES string of the molecule is Nc1ccc(S(=O)(=O)NCCOS(=O)(=O)OCCNS(=O)(=O)c2ccc(N)cc2)cc1. The van der Waals surface area contributed by atoms with E-state index in [-0.39, 0.29) is 22.9 Å².